The van der Waals surface area contributed by atoms with Gasteiger partial charge in [-0.25, -0.2) is 8.78 Å². The van der Waals surface area contributed by atoms with Gasteiger partial charge in [0.2, 0.25) is 0 Å². The summed E-state index contributed by atoms with van der Waals surface area (Å²) in [7, 11) is 0. The van der Waals surface area contributed by atoms with E-state index in [1.807, 2.05) is 0 Å². The quantitative estimate of drug-likeness (QED) is 0.527. The number of aliphatic hydroxyl groups excluding tert-OH is 3. The van der Waals surface area contributed by atoms with Gasteiger partial charge in [-0.3, -0.25) is 0 Å². The summed E-state index contributed by atoms with van der Waals surface area (Å²) in [5.74, 6) is -4.10. The molecule has 0 amide bonds. The van der Waals surface area contributed by atoms with Crippen LogP contribution in [0.3, 0.4) is 0 Å². The van der Waals surface area contributed by atoms with Crippen molar-refractivity contribution in [2.45, 2.75) is 69.4 Å². The van der Waals surface area contributed by atoms with Crippen molar-refractivity contribution in [3.63, 3.8) is 0 Å². The fourth-order valence-corrected chi connectivity index (χ4v) is 1.69. The molecular formula is C12H23F2O4. The van der Waals surface area contributed by atoms with Gasteiger partial charge in [0.15, 0.2) is 5.60 Å². The molecule has 4 unspecified atom stereocenters. The van der Waals surface area contributed by atoms with Crippen LogP contribution in [0.2, 0.25) is 0 Å². The van der Waals surface area contributed by atoms with Crippen LogP contribution >= 0.6 is 0 Å². The Hall–Kier alpha value is -0.300. The summed E-state index contributed by atoms with van der Waals surface area (Å²) >= 11 is 0. The maximum Gasteiger partial charge on any atom is 0.306 e. The van der Waals surface area contributed by atoms with E-state index in [0.29, 0.717) is 12.8 Å². The van der Waals surface area contributed by atoms with E-state index in [-0.39, 0.29) is 12.8 Å². The lowest BCUT2D eigenvalue weighted by molar-refractivity contribution is -0.260. The van der Waals surface area contributed by atoms with Crippen LogP contribution in [0.5, 0.6) is 0 Å². The summed E-state index contributed by atoms with van der Waals surface area (Å²) < 4.78 is 27.7. The minimum Gasteiger partial charge on any atom is -0.390 e. The van der Waals surface area contributed by atoms with Gasteiger partial charge in [-0.2, -0.15) is 0 Å². The van der Waals surface area contributed by atoms with Crippen LogP contribution in [0, 0.1) is 6.92 Å². The molecule has 0 bridgehead atoms. The van der Waals surface area contributed by atoms with Crippen molar-refractivity contribution >= 4 is 0 Å². The standard InChI is InChI=1S/C12H23F2O4/c1-4-6-8(15)10(17)12(13,14)11(3,18)9(16)7-5-2/h8-10,15-18H,3-7H2,1-2H3. The molecular weight excluding hydrogens is 246 g/mol. The number of alkyl halides is 2. The normalized spacial score (nSPS) is 21.2. The van der Waals surface area contributed by atoms with Crippen LogP contribution < -0.4 is 0 Å². The minimum absolute atomic E-state index is 0.0310. The molecule has 1 radical (unpaired) electrons. The third-order valence-corrected chi connectivity index (χ3v) is 3.01. The first-order valence-electron chi connectivity index (χ1n) is 6.12. The van der Waals surface area contributed by atoms with Crippen molar-refractivity contribution in [2.24, 2.45) is 0 Å². The highest BCUT2D eigenvalue weighted by atomic mass is 19.3. The molecule has 4 N–H and O–H groups in total. The van der Waals surface area contributed by atoms with Crippen LogP contribution in [-0.4, -0.2) is 50.3 Å². The van der Waals surface area contributed by atoms with E-state index in [4.69, 9.17) is 0 Å². The zero-order chi connectivity index (χ0) is 14.6. The second-order valence-electron chi connectivity index (χ2n) is 4.65. The highest BCUT2D eigenvalue weighted by Crippen LogP contribution is 2.37. The molecule has 0 fully saturated rings. The summed E-state index contributed by atoms with van der Waals surface area (Å²) in [5, 5.41) is 37.9. The molecule has 4 atom stereocenters. The largest absolute Gasteiger partial charge is 0.390 e. The summed E-state index contributed by atoms with van der Waals surface area (Å²) in [5.41, 5.74) is -3.03. The molecule has 0 aliphatic rings. The van der Waals surface area contributed by atoms with Crippen molar-refractivity contribution in [1.29, 1.82) is 0 Å². The first-order valence-corrected chi connectivity index (χ1v) is 6.12. The predicted octanol–water partition coefficient (Wildman–Crippen LogP) is 0.870. The van der Waals surface area contributed by atoms with E-state index in [1.54, 1.807) is 13.8 Å². The van der Waals surface area contributed by atoms with Crippen molar-refractivity contribution in [3.8, 4) is 0 Å². The molecule has 6 heteroatoms. The lowest BCUT2D eigenvalue weighted by Crippen LogP contribution is -2.62. The fraction of sp³-hybridized carbons (Fsp3) is 0.917. The highest BCUT2D eigenvalue weighted by molar-refractivity contribution is 5.05. The van der Waals surface area contributed by atoms with Crippen molar-refractivity contribution < 1.29 is 29.2 Å². The number of hydrogen-bond acceptors (Lipinski definition) is 4. The maximum absolute atomic E-state index is 13.9. The van der Waals surface area contributed by atoms with Crippen molar-refractivity contribution in [3.05, 3.63) is 6.92 Å². The molecule has 0 aliphatic carbocycles. The van der Waals surface area contributed by atoms with Crippen LogP contribution in [0.1, 0.15) is 39.5 Å². The topological polar surface area (TPSA) is 80.9 Å². The molecule has 0 rings (SSSR count). The molecule has 0 saturated heterocycles. The van der Waals surface area contributed by atoms with E-state index < -0.39 is 29.8 Å². The van der Waals surface area contributed by atoms with E-state index in [0.717, 1.165) is 0 Å². The van der Waals surface area contributed by atoms with E-state index in [2.05, 4.69) is 6.92 Å². The third-order valence-electron chi connectivity index (χ3n) is 3.01. The predicted molar refractivity (Wildman–Crippen MR) is 63.1 cm³/mol. The third kappa shape index (κ3) is 3.60. The smallest absolute Gasteiger partial charge is 0.306 e. The average Bonchev–Trinajstić information content (AvgIpc) is 2.28. The van der Waals surface area contributed by atoms with Crippen LogP contribution in [0.15, 0.2) is 0 Å². The monoisotopic (exact) mass is 269 g/mol. The van der Waals surface area contributed by atoms with E-state index in [9.17, 15) is 29.2 Å². The van der Waals surface area contributed by atoms with Gasteiger partial charge in [-0.05, 0) is 19.8 Å². The van der Waals surface area contributed by atoms with Crippen LogP contribution in [0.4, 0.5) is 8.78 Å². The van der Waals surface area contributed by atoms with Gasteiger partial charge >= 0.3 is 5.92 Å². The molecule has 0 aromatic heterocycles. The van der Waals surface area contributed by atoms with Gasteiger partial charge in [-0.1, -0.05) is 26.7 Å². The second kappa shape index (κ2) is 6.75. The van der Waals surface area contributed by atoms with E-state index >= 15 is 0 Å². The fourth-order valence-electron chi connectivity index (χ4n) is 1.69. The van der Waals surface area contributed by atoms with Gasteiger partial charge in [0.1, 0.15) is 6.10 Å². The lowest BCUT2D eigenvalue weighted by atomic mass is 9.83. The Labute approximate surface area is 106 Å². The van der Waals surface area contributed by atoms with Crippen LogP contribution in [-0.2, 0) is 0 Å². The lowest BCUT2D eigenvalue weighted by Gasteiger charge is -2.40. The second-order valence-corrected chi connectivity index (χ2v) is 4.65. The van der Waals surface area contributed by atoms with Crippen LogP contribution in [0.25, 0.3) is 0 Å². The average molecular weight is 269 g/mol. The van der Waals surface area contributed by atoms with Crippen molar-refractivity contribution in [1.82, 2.24) is 0 Å². The number of halogens is 2. The molecule has 109 valence electrons. The number of aliphatic hydroxyl groups is 4. The minimum atomic E-state index is -4.10. The molecule has 4 nitrogen and oxygen atoms in total. The van der Waals surface area contributed by atoms with Gasteiger partial charge in [0.05, 0.1) is 12.2 Å². The first kappa shape index (κ1) is 17.7. The Balaban J connectivity index is 4.97. The molecule has 0 aromatic carbocycles. The zero-order valence-corrected chi connectivity index (χ0v) is 10.8. The Bertz CT molecular complexity index is 246. The first-order chi connectivity index (χ1) is 8.12. The zero-order valence-electron chi connectivity index (χ0n) is 10.8. The highest BCUT2D eigenvalue weighted by Gasteiger charge is 2.59. The van der Waals surface area contributed by atoms with Gasteiger partial charge in [0, 0.05) is 0 Å². The summed E-state index contributed by atoms with van der Waals surface area (Å²) in [6, 6.07) is 0. The van der Waals surface area contributed by atoms with E-state index in [1.165, 1.54) is 0 Å². The number of hydrogen-bond donors (Lipinski definition) is 4. The molecule has 0 heterocycles. The number of rotatable bonds is 8. The Morgan fingerprint density at radius 2 is 1.50 bits per heavy atom. The Morgan fingerprint density at radius 1 is 1.06 bits per heavy atom. The Morgan fingerprint density at radius 3 is 1.89 bits per heavy atom. The molecule has 0 saturated carbocycles. The summed E-state index contributed by atoms with van der Waals surface area (Å²) in [6.45, 7) is 6.22. The van der Waals surface area contributed by atoms with Crippen molar-refractivity contribution in [2.75, 3.05) is 0 Å². The summed E-state index contributed by atoms with van der Waals surface area (Å²) in [4.78, 5) is 0. The molecule has 18 heavy (non-hydrogen) atoms. The Kier molecular flexibility index (Phi) is 6.63. The summed E-state index contributed by atoms with van der Waals surface area (Å²) in [6.07, 6.45) is -5.24. The molecule has 0 aromatic rings. The van der Waals surface area contributed by atoms with Gasteiger partial charge in [0.25, 0.3) is 0 Å². The SMILES string of the molecule is [CH2]C(O)(C(O)CCC)C(F)(F)C(O)C(O)CCC. The van der Waals surface area contributed by atoms with Gasteiger partial charge in [-0.15, -0.1) is 0 Å². The maximum atomic E-state index is 13.9. The molecule has 0 aliphatic heterocycles. The van der Waals surface area contributed by atoms with Gasteiger partial charge < -0.3 is 20.4 Å². The molecule has 0 spiro atoms.